The summed E-state index contributed by atoms with van der Waals surface area (Å²) < 4.78 is 5.22. The lowest BCUT2D eigenvalue weighted by atomic mass is 9.96. The van der Waals surface area contributed by atoms with Gasteiger partial charge in [-0.2, -0.15) is 0 Å². The van der Waals surface area contributed by atoms with Gasteiger partial charge < -0.3 is 9.84 Å². The lowest BCUT2D eigenvalue weighted by Gasteiger charge is -2.31. The normalized spacial score (nSPS) is 16.1. The third kappa shape index (κ3) is 5.74. The van der Waals surface area contributed by atoms with Gasteiger partial charge in [-0.25, -0.2) is 0 Å². The third-order valence-corrected chi connectivity index (χ3v) is 3.40. The van der Waals surface area contributed by atoms with E-state index >= 15 is 0 Å². The van der Waals surface area contributed by atoms with Crippen LogP contribution in [0.3, 0.4) is 0 Å². The van der Waals surface area contributed by atoms with Crippen molar-refractivity contribution in [3.8, 4) is 0 Å². The van der Waals surface area contributed by atoms with Crippen molar-refractivity contribution in [1.29, 1.82) is 0 Å². The van der Waals surface area contributed by atoms with Gasteiger partial charge in [-0.05, 0) is 38.8 Å². The Morgan fingerprint density at radius 3 is 2.60 bits per heavy atom. The van der Waals surface area contributed by atoms with Crippen LogP contribution in [0, 0.1) is 12.8 Å². The molecule has 1 aromatic rings. The molecular weight excluding hydrogens is 254 g/mol. The molecule has 0 unspecified atom stereocenters. The van der Waals surface area contributed by atoms with Gasteiger partial charge in [0.05, 0.1) is 12.2 Å². The molecule has 1 N–H and O–H groups in total. The van der Waals surface area contributed by atoms with Crippen molar-refractivity contribution in [2.24, 2.45) is 5.92 Å². The van der Waals surface area contributed by atoms with E-state index in [9.17, 15) is 4.79 Å². The molecule has 0 aliphatic carbocycles. The number of carbonyl (C=O) groups excluding carboxylic acids is 1. The molecule has 116 valence electrons. The summed E-state index contributed by atoms with van der Waals surface area (Å²) in [7, 11) is 0. The molecule has 0 atom stereocenters. The largest absolute Gasteiger partial charge is 0.360 e. The van der Waals surface area contributed by atoms with Gasteiger partial charge >= 0.3 is 0 Å². The highest BCUT2D eigenvalue weighted by Crippen LogP contribution is 2.18. The number of aryl methyl sites for hydroxylation is 1. The van der Waals surface area contributed by atoms with E-state index in [4.69, 9.17) is 4.52 Å². The second kappa shape index (κ2) is 8.74. The van der Waals surface area contributed by atoms with Crippen LogP contribution in [0.15, 0.2) is 10.6 Å². The Balaban J connectivity index is 0.00000180. The minimum absolute atomic E-state index is 0. The first-order chi connectivity index (χ1) is 8.63. The number of aromatic nitrogens is 1. The summed E-state index contributed by atoms with van der Waals surface area (Å²) in [5, 5.41) is 6.79. The van der Waals surface area contributed by atoms with E-state index < -0.39 is 0 Å². The Hall–Kier alpha value is -1.36. The second-order valence-electron chi connectivity index (χ2n) is 5.09. The van der Waals surface area contributed by atoms with Gasteiger partial charge in [0.2, 0.25) is 5.91 Å². The van der Waals surface area contributed by atoms with Gasteiger partial charge in [0.15, 0.2) is 5.76 Å². The summed E-state index contributed by atoms with van der Waals surface area (Å²) >= 11 is 0. The number of hydrogen-bond donors (Lipinski definition) is 1. The zero-order chi connectivity index (χ0) is 13.0. The predicted molar refractivity (Wildman–Crippen MR) is 81.4 cm³/mol. The molecule has 5 nitrogen and oxygen atoms in total. The highest BCUT2D eigenvalue weighted by Gasteiger charge is 2.20. The predicted octanol–water partition coefficient (Wildman–Crippen LogP) is 2.60. The van der Waals surface area contributed by atoms with Crippen molar-refractivity contribution < 1.29 is 9.32 Å². The van der Waals surface area contributed by atoms with E-state index in [1.54, 1.807) is 6.92 Å². The first-order valence-corrected chi connectivity index (χ1v) is 6.52. The molecule has 1 fully saturated rings. The number of amides is 1. The smallest absolute Gasteiger partial charge is 0.216 e. The maximum absolute atomic E-state index is 10.9. The number of hydrogen-bond acceptors (Lipinski definition) is 4. The van der Waals surface area contributed by atoms with Crippen LogP contribution in [0.5, 0.6) is 0 Å². The van der Waals surface area contributed by atoms with Crippen LogP contribution in [0.25, 0.3) is 0 Å². The molecule has 2 rings (SSSR count). The summed E-state index contributed by atoms with van der Waals surface area (Å²) in [5.74, 6) is 1.61. The van der Waals surface area contributed by atoms with Gasteiger partial charge in [0.1, 0.15) is 0 Å². The van der Waals surface area contributed by atoms with Crippen molar-refractivity contribution in [2.75, 3.05) is 19.6 Å². The zero-order valence-corrected chi connectivity index (χ0v) is 11.1. The number of carbonyl (C=O) groups is 1. The molecule has 1 aliphatic heterocycles. The fourth-order valence-corrected chi connectivity index (χ4v) is 2.35. The van der Waals surface area contributed by atoms with Gasteiger partial charge in [0.25, 0.3) is 0 Å². The molecule has 1 aliphatic rings. The van der Waals surface area contributed by atoms with E-state index in [-0.39, 0.29) is 20.8 Å². The van der Waals surface area contributed by atoms with E-state index in [1.807, 2.05) is 13.0 Å². The highest BCUT2D eigenvalue weighted by molar-refractivity contribution is 5.72. The summed E-state index contributed by atoms with van der Waals surface area (Å²) in [6, 6.07) is 1.99. The van der Waals surface area contributed by atoms with E-state index in [1.165, 1.54) is 0 Å². The second-order valence-corrected chi connectivity index (χ2v) is 5.09. The monoisotopic (exact) mass is 283 g/mol. The van der Waals surface area contributed by atoms with E-state index in [0.717, 1.165) is 50.5 Å². The molecule has 0 spiro atoms. The van der Waals surface area contributed by atoms with Gasteiger partial charge in [-0.1, -0.05) is 20.0 Å². The van der Waals surface area contributed by atoms with Crippen LogP contribution in [0.1, 0.15) is 46.1 Å². The number of nitrogens with zero attached hydrogens (tertiary/aromatic N) is 2. The number of rotatable bonds is 4. The van der Waals surface area contributed by atoms with Crippen LogP contribution >= 0.6 is 0 Å². The fourth-order valence-electron chi connectivity index (χ4n) is 2.35. The number of nitrogens with one attached hydrogen (secondary N) is 1. The topological polar surface area (TPSA) is 58.4 Å². The third-order valence-electron chi connectivity index (χ3n) is 3.40. The van der Waals surface area contributed by atoms with Crippen molar-refractivity contribution in [1.82, 2.24) is 15.4 Å². The molecule has 0 bridgehead atoms. The quantitative estimate of drug-likeness (QED) is 0.922. The first kappa shape index (κ1) is 18.6. The SMILES string of the molecule is C.C.CC(=O)NCC1CCN(Cc2cc(C)no2)CC1. The van der Waals surface area contributed by atoms with E-state index in [2.05, 4.69) is 15.4 Å². The minimum Gasteiger partial charge on any atom is -0.360 e. The molecule has 0 radical (unpaired) electrons. The lowest BCUT2D eigenvalue weighted by molar-refractivity contribution is -0.119. The minimum atomic E-state index is 0. The molecule has 0 aromatic carbocycles. The fraction of sp³-hybridized carbons (Fsp3) is 0.733. The standard InChI is InChI=1S/C13H21N3O2.2CH4/c1-10-7-13(18-15-10)9-16-5-3-12(4-6-16)8-14-11(2)17;;/h7,12H,3-6,8-9H2,1-2H3,(H,14,17);2*1H4. The Bertz CT molecular complexity index is 396. The molecule has 5 heteroatoms. The Labute approximate surface area is 122 Å². The molecule has 20 heavy (non-hydrogen) atoms. The molecule has 2 heterocycles. The summed E-state index contributed by atoms with van der Waals surface area (Å²) in [6.07, 6.45) is 2.26. The molecule has 1 saturated heterocycles. The van der Waals surface area contributed by atoms with Crippen molar-refractivity contribution in [3.63, 3.8) is 0 Å². The summed E-state index contributed by atoms with van der Waals surface area (Å²) in [4.78, 5) is 13.2. The highest BCUT2D eigenvalue weighted by atomic mass is 16.5. The van der Waals surface area contributed by atoms with Crippen LogP contribution in [0.2, 0.25) is 0 Å². The average Bonchev–Trinajstić information content (AvgIpc) is 2.74. The number of likely N-dealkylation sites (tertiary alicyclic amines) is 1. The zero-order valence-electron chi connectivity index (χ0n) is 11.1. The maximum atomic E-state index is 10.9. The van der Waals surface area contributed by atoms with Crippen LogP contribution in [0.4, 0.5) is 0 Å². The number of piperidine rings is 1. The summed E-state index contributed by atoms with van der Waals surface area (Å²) in [6.45, 7) is 7.28. The molecule has 1 amide bonds. The van der Waals surface area contributed by atoms with Gasteiger partial charge in [0, 0.05) is 19.5 Å². The molecular formula is C15H29N3O2. The average molecular weight is 283 g/mol. The van der Waals surface area contributed by atoms with Crippen LogP contribution in [-0.2, 0) is 11.3 Å². The van der Waals surface area contributed by atoms with Crippen LogP contribution in [-0.4, -0.2) is 35.6 Å². The lowest BCUT2D eigenvalue weighted by Crippen LogP contribution is -2.37. The summed E-state index contributed by atoms with van der Waals surface area (Å²) in [5.41, 5.74) is 0.936. The van der Waals surface area contributed by atoms with Crippen molar-refractivity contribution in [3.05, 3.63) is 17.5 Å². The first-order valence-electron chi connectivity index (χ1n) is 6.52. The van der Waals surface area contributed by atoms with Gasteiger partial charge in [-0.15, -0.1) is 0 Å². The van der Waals surface area contributed by atoms with Gasteiger partial charge in [-0.3, -0.25) is 9.69 Å². The van der Waals surface area contributed by atoms with Crippen molar-refractivity contribution >= 4 is 5.91 Å². The Kier molecular flexibility index (Phi) is 8.15. The Morgan fingerprint density at radius 2 is 2.10 bits per heavy atom. The molecule has 0 saturated carbocycles. The maximum Gasteiger partial charge on any atom is 0.216 e. The van der Waals surface area contributed by atoms with Crippen LogP contribution < -0.4 is 5.32 Å². The molecule has 1 aromatic heterocycles. The Morgan fingerprint density at radius 1 is 1.45 bits per heavy atom. The van der Waals surface area contributed by atoms with Crippen molar-refractivity contribution in [2.45, 2.75) is 48.1 Å². The van der Waals surface area contributed by atoms with E-state index in [0.29, 0.717) is 5.92 Å².